The van der Waals surface area contributed by atoms with Gasteiger partial charge in [0, 0.05) is 23.1 Å². The minimum absolute atomic E-state index is 0.161. The van der Waals surface area contributed by atoms with E-state index in [2.05, 4.69) is 70.2 Å². The normalized spacial score (nSPS) is 30.2. The van der Waals surface area contributed by atoms with Crippen LogP contribution in [0.25, 0.3) is 0 Å². The van der Waals surface area contributed by atoms with Crippen LogP contribution in [-0.2, 0) is 4.74 Å². The molecule has 3 atom stereocenters. The van der Waals surface area contributed by atoms with E-state index in [9.17, 15) is 0 Å². The SMILES string of the molecule is CC1(C)CC(c2ccccc2)c2cc3c(cc2O1)OC(C)(C)C1OC31. The molecule has 3 aliphatic heterocycles. The maximum absolute atomic E-state index is 6.33. The summed E-state index contributed by atoms with van der Waals surface area (Å²) < 4.78 is 18.5. The smallest absolute Gasteiger partial charge is 0.132 e. The molecule has 0 N–H and O–H groups in total. The first-order valence-corrected chi connectivity index (χ1v) is 9.10. The van der Waals surface area contributed by atoms with Crippen molar-refractivity contribution in [3.8, 4) is 11.5 Å². The lowest BCUT2D eigenvalue weighted by atomic mass is 9.79. The number of hydrogen-bond donors (Lipinski definition) is 0. The van der Waals surface area contributed by atoms with Crippen molar-refractivity contribution in [2.75, 3.05) is 0 Å². The minimum atomic E-state index is -0.283. The highest BCUT2D eigenvalue weighted by molar-refractivity contribution is 5.55. The highest BCUT2D eigenvalue weighted by atomic mass is 16.6. The average Bonchev–Trinajstić information content (AvgIpc) is 3.34. The number of epoxide rings is 1. The molecular weight excluding hydrogens is 312 g/mol. The number of rotatable bonds is 1. The summed E-state index contributed by atoms with van der Waals surface area (Å²) in [6.07, 6.45) is 1.29. The van der Waals surface area contributed by atoms with Crippen molar-refractivity contribution in [1.29, 1.82) is 0 Å². The predicted molar refractivity (Wildman–Crippen MR) is 96.4 cm³/mol. The fourth-order valence-electron chi connectivity index (χ4n) is 4.41. The van der Waals surface area contributed by atoms with Crippen LogP contribution < -0.4 is 9.47 Å². The summed E-state index contributed by atoms with van der Waals surface area (Å²) in [6, 6.07) is 15.1. The van der Waals surface area contributed by atoms with E-state index in [0.717, 1.165) is 17.9 Å². The summed E-state index contributed by atoms with van der Waals surface area (Å²) in [5.41, 5.74) is 3.28. The second kappa shape index (κ2) is 4.79. The van der Waals surface area contributed by atoms with Gasteiger partial charge in [-0.05, 0) is 45.7 Å². The predicted octanol–water partition coefficient (Wildman–Crippen LogP) is 4.99. The monoisotopic (exact) mass is 336 g/mol. The largest absolute Gasteiger partial charge is 0.487 e. The highest BCUT2D eigenvalue weighted by Crippen LogP contribution is 2.57. The molecule has 5 rings (SSSR count). The first-order chi connectivity index (χ1) is 11.8. The second-order valence-corrected chi connectivity index (χ2v) is 8.64. The lowest BCUT2D eigenvalue weighted by molar-refractivity contribution is 0.0652. The number of ether oxygens (including phenoxy) is 3. The van der Waals surface area contributed by atoms with Crippen molar-refractivity contribution >= 4 is 0 Å². The van der Waals surface area contributed by atoms with Crippen molar-refractivity contribution < 1.29 is 14.2 Å². The molecule has 130 valence electrons. The Kier molecular flexibility index (Phi) is 2.93. The van der Waals surface area contributed by atoms with E-state index in [0.29, 0.717) is 5.92 Å². The number of hydrogen-bond acceptors (Lipinski definition) is 3. The summed E-state index contributed by atoms with van der Waals surface area (Å²) in [6.45, 7) is 8.52. The molecule has 0 spiro atoms. The summed E-state index contributed by atoms with van der Waals surface area (Å²) >= 11 is 0. The fraction of sp³-hybridized carbons (Fsp3) is 0.455. The van der Waals surface area contributed by atoms with E-state index in [4.69, 9.17) is 14.2 Å². The quantitative estimate of drug-likeness (QED) is 0.687. The van der Waals surface area contributed by atoms with Crippen molar-refractivity contribution in [3.63, 3.8) is 0 Å². The molecule has 0 aromatic heterocycles. The fourth-order valence-corrected chi connectivity index (χ4v) is 4.41. The topological polar surface area (TPSA) is 31.0 Å². The molecular formula is C22H24O3. The Morgan fingerprint density at radius 1 is 0.880 bits per heavy atom. The molecule has 3 heterocycles. The second-order valence-electron chi connectivity index (χ2n) is 8.64. The van der Waals surface area contributed by atoms with Crippen LogP contribution >= 0.6 is 0 Å². The van der Waals surface area contributed by atoms with Crippen molar-refractivity contribution in [3.05, 3.63) is 59.2 Å². The molecule has 0 saturated carbocycles. The highest BCUT2D eigenvalue weighted by Gasteiger charge is 2.57. The van der Waals surface area contributed by atoms with Gasteiger partial charge in [0.1, 0.15) is 34.9 Å². The third-order valence-electron chi connectivity index (χ3n) is 5.66. The van der Waals surface area contributed by atoms with Gasteiger partial charge in [-0.2, -0.15) is 0 Å². The minimum Gasteiger partial charge on any atom is -0.487 e. The van der Waals surface area contributed by atoms with Crippen LogP contribution in [0.5, 0.6) is 11.5 Å². The maximum atomic E-state index is 6.33. The first-order valence-electron chi connectivity index (χ1n) is 9.10. The average molecular weight is 336 g/mol. The van der Waals surface area contributed by atoms with Crippen LogP contribution in [0, 0.1) is 0 Å². The molecule has 1 saturated heterocycles. The van der Waals surface area contributed by atoms with Gasteiger partial charge in [-0.25, -0.2) is 0 Å². The third kappa shape index (κ3) is 2.36. The Labute approximate surface area is 148 Å². The Morgan fingerprint density at radius 3 is 2.36 bits per heavy atom. The lowest BCUT2D eigenvalue weighted by Crippen LogP contribution is -2.38. The Morgan fingerprint density at radius 2 is 1.60 bits per heavy atom. The van der Waals surface area contributed by atoms with Gasteiger partial charge in [0.05, 0.1) is 0 Å². The molecule has 0 bridgehead atoms. The maximum Gasteiger partial charge on any atom is 0.132 e. The van der Waals surface area contributed by atoms with Gasteiger partial charge in [0.25, 0.3) is 0 Å². The van der Waals surface area contributed by atoms with Crippen molar-refractivity contribution in [2.24, 2.45) is 0 Å². The van der Waals surface area contributed by atoms with Gasteiger partial charge in [0.2, 0.25) is 0 Å². The van der Waals surface area contributed by atoms with Crippen molar-refractivity contribution in [1.82, 2.24) is 0 Å². The van der Waals surface area contributed by atoms with Crippen LogP contribution in [0.1, 0.15) is 62.8 Å². The van der Waals surface area contributed by atoms with Gasteiger partial charge >= 0.3 is 0 Å². The van der Waals surface area contributed by atoms with E-state index in [1.807, 2.05) is 0 Å². The summed E-state index contributed by atoms with van der Waals surface area (Å²) in [7, 11) is 0. The van der Waals surface area contributed by atoms with Crippen LogP contribution in [-0.4, -0.2) is 17.3 Å². The summed E-state index contributed by atoms with van der Waals surface area (Å²) in [4.78, 5) is 0. The molecule has 3 nitrogen and oxygen atoms in total. The summed E-state index contributed by atoms with van der Waals surface area (Å²) in [5.74, 6) is 2.18. The van der Waals surface area contributed by atoms with Gasteiger partial charge in [0.15, 0.2) is 0 Å². The van der Waals surface area contributed by atoms with Crippen LogP contribution in [0.4, 0.5) is 0 Å². The third-order valence-corrected chi connectivity index (χ3v) is 5.66. The molecule has 3 aliphatic rings. The summed E-state index contributed by atoms with van der Waals surface area (Å²) in [5, 5.41) is 0. The number of benzene rings is 2. The van der Waals surface area contributed by atoms with Crippen LogP contribution in [0.3, 0.4) is 0 Å². The van der Waals surface area contributed by atoms with Gasteiger partial charge in [-0.1, -0.05) is 30.3 Å². The van der Waals surface area contributed by atoms with Crippen LogP contribution in [0.2, 0.25) is 0 Å². The molecule has 2 aromatic carbocycles. The van der Waals surface area contributed by atoms with E-state index >= 15 is 0 Å². The molecule has 3 unspecified atom stereocenters. The van der Waals surface area contributed by atoms with E-state index in [-0.39, 0.29) is 23.4 Å². The standard InChI is InChI=1S/C22H24O3/c1-21(2)12-16(13-8-6-5-7-9-13)14-10-15-18(11-17(14)24-21)25-22(3,4)20-19(15)23-20/h5-11,16,19-20H,12H2,1-4H3. The van der Waals surface area contributed by atoms with E-state index in [1.54, 1.807) is 0 Å². The van der Waals surface area contributed by atoms with Crippen LogP contribution in [0.15, 0.2) is 42.5 Å². The molecule has 25 heavy (non-hydrogen) atoms. The Bertz CT molecular complexity index is 838. The molecule has 1 fully saturated rings. The van der Waals surface area contributed by atoms with Crippen molar-refractivity contribution in [2.45, 2.75) is 63.4 Å². The lowest BCUT2D eigenvalue weighted by Gasteiger charge is -2.39. The molecule has 2 aromatic rings. The zero-order valence-electron chi connectivity index (χ0n) is 15.2. The zero-order valence-corrected chi connectivity index (χ0v) is 15.2. The Hall–Kier alpha value is -2.00. The van der Waals surface area contributed by atoms with E-state index in [1.165, 1.54) is 16.7 Å². The van der Waals surface area contributed by atoms with Gasteiger partial charge < -0.3 is 14.2 Å². The number of fused-ring (bicyclic) bond motifs is 4. The van der Waals surface area contributed by atoms with Gasteiger partial charge in [-0.15, -0.1) is 0 Å². The Balaban J connectivity index is 1.65. The van der Waals surface area contributed by atoms with Gasteiger partial charge in [-0.3, -0.25) is 0 Å². The van der Waals surface area contributed by atoms with E-state index < -0.39 is 0 Å². The molecule has 0 amide bonds. The molecule has 0 aliphatic carbocycles. The molecule has 0 radical (unpaired) electrons. The first kappa shape index (κ1) is 15.3. The zero-order chi connectivity index (χ0) is 17.4. The molecule has 3 heteroatoms.